The molecule has 2 fully saturated rings. The first-order chi connectivity index (χ1) is 8.31. The molecule has 1 N–H and O–H groups in total. The maximum Gasteiger partial charge on any atom is 0.0555 e. The van der Waals surface area contributed by atoms with Crippen molar-refractivity contribution in [1.29, 1.82) is 0 Å². The molecule has 3 nitrogen and oxygen atoms in total. The van der Waals surface area contributed by atoms with E-state index in [1.807, 2.05) is 12.4 Å². The van der Waals surface area contributed by atoms with Crippen LogP contribution in [0.15, 0.2) is 18.5 Å². The molecule has 92 valence electrons. The molecule has 3 heteroatoms. The fourth-order valence-corrected chi connectivity index (χ4v) is 2.57. The van der Waals surface area contributed by atoms with Crippen LogP contribution in [0.3, 0.4) is 0 Å². The Labute approximate surface area is 103 Å². The fraction of sp³-hybridized carbons (Fsp3) is 0.643. The van der Waals surface area contributed by atoms with Crippen LogP contribution in [0.2, 0.25) is 0 Å². The zero-order valence-electron chi connectivity index (χ0n) is 10.5. The Morgan fingerprint density at radius 1 is 1.35 bits per heavy atom. The largest absolute Gasteiger partial charge is 0.370 e. The van der Waals surface area contributed by atoms with Gasteiger partial charge >= 0.3 is 0 Å². The molecular formula is C14H21N3. The van der Waals surface area contributed by atoms with Crippen LogP contribution in [-0.2, 0) is 0 Å². The van der Waals surface area contributed by atoms with Gasteiger partial charge in [-0.2, -0.15) is 0 Å². The Bertz CT molecular complexity index is 387. The highest BCUT2D eigenvalue weighted by Crippen LogP contribution is 2.25. The van der Waals surface area contributed by atoms with Crippen molar-refractivity contribution >= 4 is 5.69 Å². The number of hydrogen-bond acceptors (Lipinski definition) is 3. The summed E-state index contributed by atoms with van der Waals surface area (Å²) in [5, 5.41) is 3.64. The van der Waals surface area contributed by atoms with Gasteiger partial charge < -0.3 is 10.2 Å². The van der Waals surface area contributed by atoms with E-state index in [4.69, 9.17) is 0 Å². The smallest absolute Gasteiger partial charge is 0.0555 e. The Balaban J connectivity index is 1.55. The molecule has 0 radical (unpaired) electrons. The summed E-state index contributed by atoms with van der Waals surface area (Å²) in [5.41, 5.74) is 2.54. The van der Waals surface area contributed by atoms with Crippen molar-refractivity contribution in [2.75, 3.05) is 24.5 Å². The summed E-state index contributed by atoms with van der Waals surface area (Å²) in [6.07, 6.45) is 8.00. The number of nitrogens with one attached hydrogen (secondary N) is 1. The van der Waals surface area contributed by atoms with Crippen molar-refractivity contribution in [2.45, 2.75) is 32.2 Å². The van der Waals surface area contributed by atoms with Gasteiger partial charge in [0.05, 0.1) is 11.9 Å². The van der Waals surface area contributed by atoms with Gasteiger partial charge in [0.2, 0.25) is 0 Å². The highest BCUT2D eigenvalue weighted by Gasteiger charge is 2.26. The van der Waals surface area contributed by atoms with Crippen molar-refractivity contribution < 1.29 is 0 Å². The molecule has 1 aliphatic carbocycles. The molecule has 17 heavy (non-hydrogen) atoms. The quantitative estimate of drug-likeness (QED) is 0.858. The first-order valence-corrected chi connectivity index (χ1v) is 6.71. The average Bonchev–Trinajstić information content (AvgIpc) is 3.04. The summed E-state index contributed by atoms with van der Waals surface area (Å²) < 4.78 is 0. The second kappa shape index (κ2) is 4.65. The van der Waals surface area contributed by atoms with Gasteiger partial charge in [0.15, 0.2) is 0 Å². The van der Waals surface area contributed by atoms with E-state index in [0.717, 1.165) is 12.0 Å². The minimum Gasteiger partial charge on any atom is -0.370 e. The van der Waals surface area contributed by atoms with Crippen molar-refractivity contribution in [3.05, 3.63) is 24.0 Å². The van der Waals surface area contributed by atoms with E-state index in [0.29, 0.717) is 0 Å². The predicted octanol–water partition coefficient (Wildman–Crippen LogP) is 1.97. The van der Waals surface area contributed by atoms with E-state index >= 15 is 0 Å². The standard InChI is InChI=1S/C14H21N3/c1-11-6-14(9-15-7-11)17-5-4-12(10-17)8-16-13-2-3-13/h6-7,9,12-13,16H,2-5,8,10H2,1H3. The van der Waals surface area contributed by atoms with Crippen LogP contribution in [0.25, 0.3) is 0 Å². The lowest BCUT2D eigenvalue weighted by Gasteiger charge is -2.18. The number of rotatable bonds is 4. The lowest BCUT2D eigenvalue weighted by atomic mass is 10.1. The number of aryl methyl sites for hydroxylation is 1. The summed E-state index contributed by atoms with van der Waals surface area (Å²) in [6.45, 7) is 5.67. The number of nitrogens with zero attached hydrogens (tertiary/aromatic N) is 2. The molecule has 2 heterocycles. The molecule has 1 aliphatic heterocycles. The Kier molecular flexibility index (Phi) is 3.02. The highest BCUT2D eigenvalue weighted by molar-refractivity contribution is 5.46. The van der Waals surface area contributed by atoms with Crippen LogP contribution in [0.4, 0.5) is 5.69 Å². The van der Waals surface area contributed by atoms with Crippen LogP contribution < -0.4 is 10.2 Å². The van der Waals surface area contributed by atoms with E-state index in [-0.39, 0.29) is 0 Å². The van der Waals surface area contributed by atoms with Gasteiger partial charge in [-0.15, -0.1) is 0 Å². The molecule has 0 aromatic carbocycles. The van der Waals surface area contributed by atoms with Crippen LogP contribution in [0.1, 0.15) is 24.8 Å². The second-order valence-corrected chi connectivity index (χ2v) is 5.50. The molecule has 1 atom stereocenters. The lowest BCUT2D eigenvalue weighted by Crippen LogP contribution is -2.27. The Hall–Kier alpha value is -1.09. The topological polar surface area (TPSA) is 28.2 Å². The number of aromatic nitrogens is 1. The molecule has 0 amide bonds. The van der Waals surface area contributed by atoms with Crippen molar-refractivity contribution in [3.8, 4) is 0 Å². The molecule has 1 aromatic rings. The summed E-state index contributed by atoms with van der Waals surface area (Å²) >= 11 is 0. The van der Waals surface area contributed by atoms with Gasteiger partial charge in [0, 0.05) is 25.3 Å². The Morgan fingerprint density at radius 3 is 3.00 bits per heavy atom. The van der Waals surface area contributed by atoms with Gasteiger partial charge in [0.25, 0.3) is 0 Å². The number of anilines is 1. The molecule has 0 spiro atoms. The summed E-state index contributed by atoms with van der Waals surface area (Å²) in [5.74, 6) is 0.816. The van der Waals surface area contributed by atoms with Gasteiger partial charge in [-0.25, -0.2) is 0 Å². The van der Waals surface area contributed by atoms with E-state index in [1.54, 1.807) is 0 Å². The fourth-order valence-electron chi connectivity index (χ4n) is 2.57. The van der Waals surface area contributed by atoms with E-state index in [1.165, 1.54) is 50.1 Å². The van der Waals surface area contributed by atoms with E-state index in [9.17, 15) is 0 Å². The van der Waals surface area contributed by atoms with E-state index in [2.05, 4.69) is 28.2 Å². The molecule has 1 aromatic heterocycles. The third-order valence-electron chi connectivity index (χ3n) is 3.78. The molecule has 3 rings (SSSR count). The molecule has 1 unspecified atom stereocenters. The van der Waals surface area contributed by atoms with Crippen LogP contribution in [0, 0.1) is 12.8 Å². The van der Waals surface area contributed by atoms with Crippen LogP contribution in [0.5, 0.6) is 0 Å². The molecular weight excluding hydrogens is 210 g/mol. The molecule has 2 aliphatic rings. The second-order valence-electron chi connectivity index (χ2n) is 5.50. The first kappa shape index (κ1) is 11.0. The lowest BCUT2D eigenvalue weighted by molar-refractivity contribution is 0.515. The van der Waals surface area contributed by atoms with Gasteiger partial charge in [0.1, 0.15) is 0 Å². The highest BCUT2D eigenvalue weighted by atomic mass is 15.2. The van der Waals surface area contributed by atoms with Gasteiger partial charge in [-0.1, -0.05) is 0 Å². The van der Waals surface area contributed by atoms with E-state index < -0.39 is 0 Å². The average molecular weight is 231 g/mol. The third kappa shape index (κ3) is 2.78. The SMILES string of the molecule is Cc1cncc(N2CCC(CNC3CC3)C2)c1. The van der Waals surface area contributed by atoms with Crippen molar-refractivity contribution in [1.82, 2.24) is 10.3 Å². The summed E-state index contributed by atoms with van der Waals surface area (Å²) in [7, 11) is 0. The predicted molar refractivity (Wildman–Crippen MR) is 70.3 cm³/mol. The third-order valence-corrected chi connectivity index (χ3v) is 3.78. The zero-order valence-corrected chi connectivity index (χ0v) is 10.5. The van der Waals surface area contributed by atoms with Crippen molar-refractivity contribution in [3.63, 3.8) is 0 Å². The number of pyridine rings is 1. The molecule has 1 saturated heterocycles. The zero-order chi connectivity index (χ0) is 11.7. The maximum absolute atomic E-state index is 4.28. The van der Waals surface area contributed by atoms with Crippen molar-refractivity contribution in [2.24, 2.45) is 5.92 Å². The van der Waals surface area contributed by atoms with Crippen LogP contribution in [-0.4, -0.2) is 30.7 Å². The van der Waals surface area contributed by atoms with Gasteiger partial charge in [-0.05, 0) is 50.3 Å². The number of hydrogen-bond donors (Lipinski definition) is 1. The first-order valence-electron chi connectivity index (χ1n) is 6.71. The summed E-state index contributed by atoms with van der Waals surface area (Å²) in [6, 6.07) is 3.08. The Morgan fingerprint density at radius 2 is 2.24 bits per heavy atom. The minimum absolute atomic E-state index is 0.816. The van der Waals surface area contributed by atoms with Gasteiger partial charge in [-0.3, -0.25) is 4.98 Å². The molecule has 1 saturated carbocycles. The molecule has 0 bridgehead atoms. The summed E-state index contributed by atoms with van der Waals surface area (Å²) in [4.78, 5) is 6.75. The van der Waals surface area contributed by atoms with Crippen LogP contribution >= 0.6 is 0 Å². The monoisotopic (exact) mass is 231 g/mol. The minimum atomic E-state index is 0.816. The normalized spacial score (nSPS) is 24.3. The maximum atomic E-state index is 4.28.